The molecule has 18 heavy (non-hydrogen) atoms. The Bertz CT molecular complexity index is 458. The van der Waals surface area contributed by atoms with E-state index in [9.17, 15) is 4.79 Å². The molecule has 4 nitrogen and oxygen atoms in total. The van der Waals surface area contributed by atoms with Crippen molar-refractivity contribution in [2.75, 3.05) is 6.61 Å². The summed E-state index contributed by atoms with van der Waals surface area (Å²) in [5.41, 5.74) is 0. The number of rotatable bonds is 2. The van der Waals surface area contributed by atoms with Gasteiger partial charge in [0.2, 0.25) is 0 Å². The van der Waals surface area contributed by atoms with E-state index < -0.39 is 6.04 Å². The molecule has 2 rings (SSSR count). The highest BCUT2D eigenvalue weighted by Gasteiger charge is 2.66. The van der Waals surface area contributed by atoms with Crippen LogP contribution in [0, 0.1) is 11.3 Å². The highest BCUT2D eigenvalue weighted by atomic mass is 79.9. The first-order chi connectivity index (χ1) is 8.23. The molecule has 0 aromatic rings. The summed E-state index contributed by atoms with van der Waals surface area (Å²) in [5, 5.41) is 8.61. The zero-order valence-corrected chi connectivity index (χ0v) is 13.5. The summed E-state index contributed by atoms with van der Waals surface area (Å²) < 4.78 is 4.42. The van der Waals surface area contributed by atoms with Crippen LogP contribution in [0.1, 0.15) is 20.8 Å². The molecule has 0 spiro atoms. The maximum atomic E-state index is 12.1. The van der Waals surface area contributed by atoms with Crippen LogP contribution in [0.25, 0.3) is 0 Å². The van der Waals surface area contributed by atoms with Crippen LogP contribution in [-0.4, -0.2) is 43.0 Å². The second-order valence-electron chi connectivity index (χ2n) is 5.03. The minimum absolute atomic E-state index is 0.139. The van der Waals surface area contributed by atoms with Crippen molar-refractivity contribution >= 4 is 50.9 Å². The number of alkyl halides is 1. The molecule has 0 radical (unpaired) electrons. The number of carbonyl (C=O) groups is 1. The van der Waals surface area contributed by atoms with E-state index in [1.807, 2.05) is 31.7 Å². The second-order valence-corrected chi connectivity index (χ2v) is 8.80. The zero-order valence-electron chi connectivity index (χ0n) is 10.3. The van der Waals surface area contributed by atoms with Crippen molar-refractivity contribution in [3.63, 3.8) is 0 Å². The van der Waals surface area contributed by atoms with Crippen LogP contribution in [0.15, 0.2) is 0 Å². The van der Waals surface area contributed by atoms with Crippen LogP contribution in [0.4, 0.5) is 0 Å². The van der Waals surface area contributed by atoms with Gasteiger partial charge in [-0.1, -0.05) is 28.1 Å². The van der Waals surface area contributed by atoms with Crippen molar-refractivity contribution in [1.29, 1.82) is 5.26 Å². The molecule has 0 N–H and O–H groups in total. The summed E-state index contributed by atoms with van der Waals surface area (Å²) in [7, 11) is 0. The van der Waals surface area contributed by atoms with Gasteiger partial charge in [0.15, 0.2) is 6.61 Å². The summed E-state index contributed by atoms with van der Waals surface area (Å²) in [5.74, 6) is -0.373. The Kier molecular flexibility index (Phi) is 3.41. The summed E-state index contributed by atoms with van der Waals surface area (Å²) in [6, 6.07) is 1.39. The maximum absolute atomic E-state index is 12.1. The topological polar surface area (TPSA) is 53.3 Å². The van der Waals surface area contributed by atoms with E-state index in [4.69, 9.17) is 22.2 Å². The molecule has 0 saturated carbocycles. The maximum Gasteiger partial charge on any atom is 0.331 e. The molecular formula is C11H13BrN2O2S2. The first kappa shape index (κ1) is 14.1. The van der Waals surface area contributed by atoms with Gasteiger partial charge in [0.25, 0.3) is 0 Å². The van der Waals surface area contributed by atoms with Gasteiger partial charge in [0.05, 0.1) is 10.4 Å². The van der Waals surface area contributed by atoms with Gasteiger partial charge in [0.1, 0.15) is 16.4 Å². The number of ether oxygens (including phenoxy) is 1. The fourth-order valence-corrected chi connectivity index (χ4v) is 5.10. The predicted octanol–water partition coefficient (Wildman–Crippen LogP) is 2.07. The predicted molar refractivity (Wildman–Crippen MR) is 77.6 cm³/mol. The molecule has 0 bridgehead atoms. The molecule has 98 valence electrons. The summed E-state index contributed by atoms with van der Waals surface area (Å²) in [6.45, 7) is 5.80. The third-order valence-corrected chi connectivity index (χ3v) is 6.99. The smallest absolute Gasteiger partial charge is 0.331 e. The number of thiocarbonyl (C=S) groups is 1. The van der Waals surface area contributed by atoms with Crippen molar-refractivity contribution in [1.82, 2.24) is 4.90 Å². The van der Waals surface area contributed by atoms with Crippen LogP contribution in [0.2, 0.25) is 0 Å². The molecule has 2 fully saturated rings. The Morgan fingerprint density at radius 2 is 2.28 bits per heavy atom. The van der Waals surface area contributed by atoms with Crippen LogP contribution < -0.4 is 0 Å². The summed E-state index contributed by atoms with van der Waals surface area (Å²) >= 11 is 10.7. The fourth-order valence-electron chi connectivity index (χ4n) is 2.35. The van der Waals surface area contributed by atoms with E-state index in [-0.39, 0.29) is 27.0 Å². The highest BCUT2D eigenvalue weighted by Crippen LogP contribution is 2.58. The third-order valence-electron chi connectivity index (χ3n) is 3.22. The van der Waals surface area contributed by atoms with E-state index in [0.29, 0.717) is 0 Å². The molecule has 0 aromatic heterocycles. The second kappa shape index (κ2) is 4.36. The lowest BCUT2D eigenvalue weighted by Crippen LogP contribution is -2.68. The number of hydrogen-bond donors (Lipinski definition) is 0. The van der Waals surface area contributed by atoms with E-state index in [1.165, 1.54) is 0 Å². The van der Waals surface area contributed by atoms with E-state index in [1.54, 1.807) is 11.8 Å². The van der Waals surface area contributed by atoms with Gasteiger partial charge in [0, 0.05) is 4.75 Å². The molecule has 2 heterocycles. The monoisotopic (exact) mass is 348 g/mol. The number of nitriles is 1. The first-order valence-electron chi connectivity index (χ1n) is 5.46. The normalized spacial score (nSPS) is 36.6. The number of thioether (sulfide) groups is 1. The van der Waals surface area contributed by atoms with E-state index >= 15 is 0 Å². The Morgan fingerprint density at radius 1 is 1.67 bits per heavy atom. The molecule has 0 aliphatic carbocycles. The van der Waals surface area contributed by atoms with Crippen LogP contribution in [0.5, 0.6) is 0 Å². The van der Waals surface area contributed by atoms with Gasteiger partial charge >= 0.3 is 5.97 Å². The Labute approximate surface area is 124 Å². The lowest BCUT2D eigenvalue weighted by Gasteiger charge is -2.51. The number of halogens is 1. The molecule has 0 unspecified atom stereocenters. The van der Waals surface area contributed by atoms with Gasteiger partial charge in [-0.2, -0.15) is 5.26 Å². The minimum atomic E-state index is -0.418. The Hall–Kier alpha value is -0.320. The molecule has 0 aromatic carbocycles. The van der Waals surface area contributed by atoms with E-state index in [2.05, 4.69) is 15.9 Å². The number of hydrogen-bond acceptors (Lipinski definition) is 5. The molecule has 7 heteroatoms. The van der Waals surface area contributed by atoms with Crippen LogP contribution in [0.3, 0.4) is 0 Å². The molecular weight excluding hydrogens is 336 g/mol. The summed E-state index contributed by atoms with van der Waals surface area (Å²) in [6.07, 6.45) is 0. The van der Waals surface area contributed by atoms with Crippen molar-refractivity contribution in [2.45, 2.75) is 41.3 Å². The molecule has 2 saturated heterocycles. The Balaban J connectivity index is 2.23. The van der Waals surface area contributed by atoms with Crippen LogP contribution >= 0.6 is 39.9 Å². The van der Waals surface area contributed by atoms with Crippen molar-refractivity contribution in [3.8, 4) is 6.07 Å². The SMILES string of the molecule is CC1(C)S[C@H]2N(C(=S)[C@]2(C)Br)[C@H]1C(=O)OCC#N. The van der Waals surface area contributed by atoms with Gasteiger partial charge in [-0.15, -0.1) is 11.8 Å². The molecule has 2 aliphatic rings. The average molecular weight is 349 g/mol. The van der Waals surface area contributed by atoms with Gasteiger partial charge in [-0.3, -0.25) is 0 Å². The van der Waals surface area contributed by atoms with Gasteiger partial charge in [-0.05, 0) is 20.8 Å². The zero-order chi connectivity index (χ0) is 13.7. The quantitative estimate of drug-likeness (QED) is 0.432. The lowest BCUT2D eigenvalue weighted by atomic mass is 9.93. The van der Waals surface area contributed by atoms with Crippen molar-refractivity contribution < 1.29 is 9.53 Å². The molecule has 0 amide bonds. The summed E-state index contributed by atoms with van der Waals surface area (Å²) in [4.78, 5) is 14.7. The van der Waals surface area contributed by atoms with Gasteiger partial charge < -0.3 is 9.64 Å². The van der Waals surface area contributed by atoms with Crippen molar-refractivity contribution in [3.05, 3.63) is 0 Å². The first-order valence-corrected chi connectivity index (χ1v) is 7.54. The highest BCUT2D eigenvalue weighted by molar-refractivity contribution is 9.10. The number of fused-ring (bicyclic) bond motifs is 1. The Morgan fingerprint density at radius 3 is 2.83 bits per heavy atom. The average Bonchev–Trinajstić information content (AvgIpc) is 2.56. The third kappa shape index (κ3) is 1.86. The van der Waals surface area contributed by atoms with Gasteiger partial charge in [-0.25, -0.2) is 4.79 Å². The number of carbonyl (C=O) groups excluding carboxylic acids is 1. The van der Waals surface area contributed by atoms with E-state index in [0.717, 1.165) is 4.99 Å². The minimum Gasteiger partial charge on any atom is -0.449 e. The molecule has 3 atom stereocenters. The fraction of sp³-hybridized carbons (Fsp3) is 0.727. The molecule has 2 aliphatic heterocycles. The number of nitrogens with zero attached hydrogens (tertiary/aromatic N) is 2. The lowest BCUT2D eigenvalue weighted by molar-refractivity contribution is -0.148. The number of esters is 1. The standard InChI is InChI=1S/C11H13BrN2O2S2/c1-10(2)6(7(15)16-5-4-13)14-8(17)11(3,12)9(14)18-10/h6,9H,5H2,1-3H3/t6-,9+,11-/m0/s1. The largest absolute Gasteiger partial charge is 0.449 e. The van der Waals surface area contributed by atoms with Crippen LogP contribution in [-0.2, 0) is 9.53 Å². The van der Waals surface area contributed by atoms with Crippen molar-refractivity contribution in [2.24, 2.45) is 0 Å².